The molecule has 8 N–H and O–H groups in total. The van der Waals surface area contributed by atoms with Crippen molar-refractivity contribution in [2.75, 3.05) is 6.54 Å². The Morgan fingerprint density at radius 3 is 2.05 bits per heavy atom. The van der Waals surface area contributed by atoms with Crippen LogP contribution in [0.15, 0.2) is 54.6 Å². The third kappa shape index (κ3) is 10.2. The van der Waals surface area contributed by atoms with E-state index < -0.39 is 54.6 Å². The Balaban J connectivity index is 1.88. The zero-order valence-electron chi connectivity index (χ0n) is 19.9. The van der Waals surface area contributed by atoms with Crippen molar-refractivity contribution in [2.45, 2.75) is 37.8 Å². The van der Waals surface area contributed by atoms with Gasteiger partial charge in [-0.2, -0.15) is 0 Å². The van der Waals surface area contributed by atoms with E-state index in [0.29, 0.717) is 17.5 Å². The summed E-state index contributed by atoms with van der Waals surface area (Å²) in [6.07, 6.45) is -1.05. The molecule has 37 heavy (non-hydrogen) atoms. The second-order valence-electron chi connectivity index (χ2n) is 8.19. The Morgan fingerprint density at radius 1 is 0.838 bits per heavy atom. The number of carbonyl (C=O) groups is 5. The van der Waals surface area contributed by atoms with Crippen molar-refractivity contribution in [3.63, 3.8) is 0 Å². The van der Waals surface area contributed by atoms with Crippen molar-refractivity contribution in [3.8, 4) is 0 Å². The van der Waals surface area contributed by atoms with Crippen molar-refractivity contribution in [1.82, 2.24) is 16.0 Å². The highest BCUT2D eigenvalue weighted by Crippen LogP contribution is 2.06. The number of hydrogen-bond donors (Lipinski definition) is 7. The van der Waals surface area contributed by atoms with Gasteiger partial charge in [0.05, 0.1) is 6.42 Å². The van der Waals surface area contributed by atoms with Gasteiger partial charge < -0.3 is 31.9 Å². The monoisotopic (exact) mass is 511 g/mol. The van der Waals surface area contributed by atoms with E-state index in [2.05, 4.69) is 16.0 Å². The number of benzene rings is 2. The Hall–Kier alpha value is -4.74. The number of nitrogens with one attached hydrogen (secondary N) is 4. The van der Waals surface area contributed by atoms with Crippen molar-refractivity contribution in [1.29, 1.82) is 5.41 Å². The Kier molecular flexibility index (Phi) is 10.8. The third-order valence-corrected chi connectivity index (χ3v) is 5.25. The first kappa shape index (κ1) is 28.5. The van der Waals surface area contributed by atoms with Crippen LogP contribution < -0.4 is 21.7 Å². The number of nitrogens with two attached hydrogens (primary N) is 1. The summed E-state index contributed by atoms with van der Waals surface area (Å²) in [4.78, 5) is 59.9. The van der Waals surface area contributed by atoms with Gasteiger partial charge in [-0.25, -0.2) is 4.79 Å². The lowest BCUT2D eigenvalue weighted by atomic mass is 10.1. The molecule has 0 saturated heterocycles. The Labute approximate surface area is 212 Å². The van der Waals surface area contributed by atoms with Crippen LogP contribution in [-0.4, -0.2) is 64.3 Å². The predicted molar refractivity (Wildman–Crippen MR) is 133 cm³/mol. The van der Waals surface area contributed by atoms with Crippen LogP contribution in [0, 0.1) is 5.41 Å². The normalized spacial score (nSPS) is 12.0. The average Bonchev–Trinajstić information content (AvgIpc) is 2.83. The van der Waals surface area contributed by atoms with Crippen LogP contribution in [0.4, 0.5) is 0 Å². The molecule has 196 valence electrons. The molecule has 0 aliphatic rings. The molecule has 0 heterocycles. The molecular formula is C25H29N5O7. The van der Waals surface area contributed by atoms with Gasteiger partial charge >= 0.3 is 11.9 Å². The molecule has 2 rings (SSSR count). The molecule has 3 amide bonds. The summed E-state index contributed by atoms with van der Waals surface area (Å²) in [6.45, 7) is 0.213. The third-order valence-electron chi connectivity index (χ3n) is 5.25. The van der Waals surface area contributed by atoms with Crippen molar-refractivity contribution >= 4 is 35.5 Å². The lowest BCUT2D eigenvalue weighted by molar-refractivity contribution is -0.143. The molecule has 12 heteroatoms. The van der Waals surface area contributed by atoms with Crippen LogP contribution in [0.25, 0.3) is 0 Å². The minimum Gasteiger partial charge on any atom is -0.481 e. The highest BCUT2D eigenvalue weighted by Gasteiger charge is 2.29. The first-order valence-electron chi connectivity index (χ1n) is 11.3. The van der Waals surface area contributed by atoms with Gasteiger partial charge in [0.25, 0.3) is 0 Å². The van der Waals surface area contributed by atoms with Crippen LogP contribution in [0.3, 0.4) is 0 Å². The fraction of sp³-hybridized carbons (Fsp3) is 0.280. The lowest BCUT2D eigenvalue weighted by Gasteiger charge is -2.20. The number of hydrogen-bond acceptors (Lipinski definition) is 6. The van der Waals surface area contributed by atoms with E-state index >= 15 is 0 Å². The number of amidine groups is 1. The van der Waals surface area contributed by atoms with Crippen LogP contribution in [0.2, 0.25) is 0 Å². The number of aliphatic carboxylic acids is 2. The quantitative estimate of drug-likeness (QED) is 0.102. The van der Waals surface area contributed by atoms with Gasteiger partial charge in [0.2, 0.25) is 17.7 Å². The van der Waals surface area contributed by atoms with Crippen molar-refractivity contribution in [3.05, 3.63) is 71.3 Å². The number of rotatable bonds is 14. The predicted octanol–water partition coefficient (Wildman–Crippen LogP) is -0.209. The second-order valence-corrected chi connectivity index (χ2v) is 8.19. The maximum absolute atomic E-state index is 12.6. The van der Waals surface area contributed by atoms with E-state index in [9.17, 15) is 29.1 Å². The number of carboxylic acids is 2. The molecule has 0 aromatic heterocycles. The summed E-state index contributed by atoms with van der Waals surface area (Å²) in [5.74, 6) is -5.30. The maximum atomic E-state index is 12.6. The molecule has 0 bridgehead atoms. The summed E-state index contributed by atoms with van der Waals surface area (Å²) in [5.41, 5.74) is 7.48. The highest BCUT2D eigenvalue weighted by atomic mass is 16.4. The fourth-order valence-corrected chi connectivity index (χ4v) is 3.36. The number of nitrogen functional groups attached to an aromatic ring is 1. The summed E-state index contributed by atoms with van der Waals surface area (Å²) in [6, 6.07) is 12.5. The summed E-state index contributed by atoms with van der Waals surface area (Å²) in [5, 5.41) is 33.0. The molecule has 0 saturated carbocycles. The van der Waals surface area contributed by atoms with E-state index in [0.717, 1.165) is 5.56 Å². The SMILES string of the molecule is N=C(N)c1ccc(CCNC(=O)CC(=O)N[C@@H](CC(=O)O)C(=O)N[C@@H](Cc2ccccc2)C(=O)O)cc1. The van der Waals surface area contributed by atoms with E-state index in [1.807, 2.05) is 0 Å². The molecule has 2 aromatic carbocycles. The first-order valence-corrected chi connectivity index (χ1v) is 11.3. The lowest BCUT2D eigenvalue weighted by Crippen LogP contribution is -2.53. The average molecular weight is 512 g/mol. The summed E-state index contributed by atoms with van der Waals surface area (Å²) in [7, 11) is 0. The molecule has 0 aliphatic carbocycles. The number of carbonyl (C=O) groups excluding carboxylic acids is 3. The van der Waals surface area contributed by atoms with Gasteiger partial charge in [0, 0.05) is 18.5 Å². The van der Waals surface area contributed by atoms with Crippen LogP contribution in [0.5, 0.6) is 0 Å². The van der Waals surface area contributed by atoms with Crippen molar-refractivity contribution in [2.24, 2.45) is 5.73 Å². The highest BCUT2D eigenvalue weighted by molar-refractivity contribution is 6.00. The zero-order chi connectivity index (χ0) is 27.4. The minimum absolute atomic E-state index is 0.0461. The zero-order valence-corrected chi connectivity index (χ0v) is 19.9. The molecule has 2 atom stereocenters. The van der Waals surface area contributed by atoms with E-state index in [-0.39, 0.29) is 18.8 Å². The van der Waals surface area contributed by atoms with Gasteiger partial charge in [-0.3, -0.25) is 24.6 Å². The summed E-state index contributed by atoms with van der Waals surface area (Å²) < 4.78 is 0. The van der Waals surface area contributed by atoms with Crippen LogP contribution in [-0.2, 0) is 36.8 Å². The van der Waals surface area contributed by atoms with E-state index in [4.69, 9.17) is 16.2 Å². The molecular weight excluding hydrogens is 482 g/mol. The molecule has 12 nitrogen and oxygen atoms in total. The van der Waals surface area contributed by atoms with Gasteiger partial charge in [-0.15, -0.1) is 0 Å². The molecule has 0 fully saturated rings. The van der Waals surface area contributed by atoms with E-state index in [1.54, 1.807) is 54.6 Å². The fourth-order valence-electron chi connectivity index (χ4n) is 3.36. The Bertz CT molecular complexity index is 1140. The van der Waals surface area contributed by atoms with Gasteiger partial charge in [0.15, 0.2) is 0 Å². The maximum Gasteiger partial charge on any atom is 0.326 e. The largest absolute Gasteiger partial charge is 0.481 e. The second kappa shape index (κ2) is 14.0. The van der Waals surface area contributed by atoms with Gasteiger partial charge in [-0.1, -0.05) is 54.6 Å². The molecule has 0 spiro atoms. The Morgan fingerprint density at radius 2 is 1.49 bits per heavy atom. The van der Waals surface area contributed by atoms with Crippen LogP contribution >= 0.6 is 0 Å². The van der Waals surface area contributed by atoms with Crippen molar-refractivity contribution < 1.29 is 34.2 Å². The standard InChI is InChI=1S/C25H29N5O7/c26-23(27)17-8-6-15(7-9-17)10-11-28-20(31)14-21(32)29-18(13-22(33)34)24(35)30-19(25(36)37)12-16-4-2-1-3-5-16/h1-9,18-19H,10-14H2,(H3,26,27)(H,28,31)(H,29,32)(H,30,35)(H,33,34)(H,36,37)/t18-,19-/m0/s1. The van der Waals surface area contributed by atoms with Gasteiger partial charge in [0.1, 0.15) is 24.3 Å². The topological polar surface area (TPSA) is 212 Å². The molecule has 0 radical (unpaired) electrons. The number of amides is 3. The number of carboxylic acid groups (broad SMARTS) is 2. The molecule has 2 aromatic rings. The smallest absolute Gasteiger partial charge is 0.326 e. The molecule has 0 aliphatic heterocycles. The van der Waals surface area contributed by atoms with Crippen LogP contribution in [0.1, 0.15) is 29.5 Å². The molecule has 0 unspecified atom stereocenters. The first-order chi connectivity index (χ1) is 17.5. The van der Waals surface area contributed by atoms with Gasteiger partial charge in [-0.05, 0) is 17.5 Å². The summed E-state index contributed by atoms with van der Waals surface area (Å²) >= 11 is 0. The minimum atomic E-state index is -1.57. The van der Waals surface area contributed by atoms with E-state index in [1.165, 1.54) is 0 Å².